The van der Waals surface area contributed by atoms with E-state index in [-0.39, 0.29) is 31.0 Å². The third-order valence-corrected chi connectivity index (χ3v) is 6.85. The van der Waals surface area contributed by atoms with E-state index in [1.165, 1.54) is 4.57 Å². The van der Waals surface area contributed by atoms with Gasteiger partial charge in [0.2, 0.25) is 0 Å². The Hall–Kier alpha value is -4.25. The number of aromatic nitrogens is 3. The normalized spacial score (nSPS) is 10.9. The van der Waals surface area contributed by atoms with Crippen molar-refractivity contribution < 1.29 is 14.3 Å². The molecule has 1 amide bonds. The summed E-state index contributed by atoms with van der Waals surface area (Å²) in [5.74, 6) is -1.29. The highest BCUT2D eigenvalue weighted by molar-refractivity contribution is 7.18. The second kappa shape index (κ2) is 11.7. The predicted octanol–water partition coefficient (Wildman–Crippen LogP) is 2.70. The molecule has 11 heteroatoms. The fraction of sp³-hybridized carbons (Fsp3) is 0.269. The van der Waals surface area contributed by atoms with Gasteiger partial charge in [-0.1, -0.05) is 42.5 Å². The van der Waals surface area contributed by atoms with E-state index in [0.717, 1.165) is 25.7 Å². The Bertz CT molecular complexity index is 1490. The van der Waals surface area contributed by atoms with Crippen LogP contribution in [0.3, 0.4) is 0 Å². The lowest BCUT2D eigenvalue weighted by Crippen LogP contribution is -2.42. The smallest absolute Gasteiger partial charge is 0.330 e. The number of hydrogen-bond donors (Lipinski definition) is 2. The van der Waals surface area contributed by atoms with Crippen molar-refractivity contribution in [2.24, 2.45) is 0 Å². The van der Waals surface area contributed by atoms with Crippen LogP contribution in [-0.2, 0) is 27.3 Å². The van der Waals surface area contributed by atoms with Crippen molar-refractivity contribution in [3.05, 3.63) is 86.0 Å². The molecule has 0 aliphatic carbocycles. The lowest BCUT2D eigenvalue weighted by atomic mass is 10.2. The molecule has 0 saturated carbocycles. The Labute approximate surface area is 216 Å². The summed E-state index contributed by atoms with van der Waals surface area (Å²) in [6.07, 6.45) is 1.28. The molecule has 2 aromatic heterocycles. The Morgan fingerprint density at radius 3 is 2.57 bits per heavy atom. The van der Waals surface area contributed by atoms with Gasteiger partial charge in [-0.3, -0.25) is 23.9 Å². The summed E-state index contributed by atoms with van der Waals surface area (Å²) in [5, 5.41) is 0.933. The number of benzene rings is 2. The summed E-state index contributed by atoms with van der Waals surface area (Å²) in [4.78, 5) is 58.0. The fourth-order valence-electron chi connectivity index (χ4n) is 3.92. The monoisotopic (exact) mass is 521 g/mol. The fourth-order valence-corrected chi connectivity index (χ4v) is 4.93. The first-order valence-electron chi connectivity index (χ1n) is 11.8. The van der Waals surface area contributed by atoms with Crippen LogP contribution in [0.25, 0.3) is 10.2 Å². The zero-order valence-electron chi connectivity index (χ0n) is 20.3. The molecule has 0 unspecified atom stereocenters. The van der Waals surface area contributed by atoms with Gasteiger partial charge in [-0.05, 0) is 37.5 Å². The number of rotatable bonds is 10. The highest BCUT2D eigenvalue weighted by Crippen LogP contribution is 2.23. The lowest BCUT2D eigenvalue weighted by Gasteiger charge is -2.23. The van der Waals surface area contributed by atoms with Gasteiger partial charge in [0.25, 0.3) is 11.5 Å². The van der Waals surface area contributed by atoms with E-state index in [9.17, 15) is 19.2 Å². The molecule has 0 saturated heterocycles. The Balaban J connectivity index is 1.37. The van der Waals surface area contributed by atoms with Crippen LogP contribution in [0.5, 0.6) is 0 Å². The molecular formula is C26H27N5O5S. The van der Waals surface area contributed by atoms with Gasteiger partial charge in [0.05, 0.1) is 21.8 Å². The number of nitrogens with zero attached hydrogens (tertiary/aromatic N) is 3. The van der Waals surface area contributed by atoms with Crippen molar-refractivity contribution >= 4 is 44.9 Å². The van der Waals surface area contributed by atoms with E-state index in [0.29, 0.717) is 12.8 Å². The van der Waals surface area contributed by atoms with Crippen molar-refractivity contribution in [1.82, 2.24) is 14.5 Å². The minimum absolute atomic E-state index is 0.0881. The number of aryl methyl sites for hydroxylation is 1. The molecule has 192 valence electrons. The summed E-state index contributed by atoms with van der Waals surface area (Å²) < 4.78 is 7.45. The van der Waals surface area contributed by atoms with Crippen molar-refractivity contribution in [3.63, 3.8) is 0 Å². The SMILES string of the molecule is CCN(C(=O)COC(=O)CCCc1nc2ccccc2s1)c1c(N)n(Cc2ccccc2)c(=O)[nH]c1=O. The first-order chi connectivity index (χ1) is 17.9. The number of carbonyl (C=O) groups excluding carboxylic acids is 2. The molecule has 0 radical (unpaired) electrons. The van der Waals surface area contributed by atoms with Crippen molar-refractivity contribution in [2.45, 2.75) is 32.7 Å². The van der Waals surface area contributed by atoms with E-state index >= 15 is 0 Å². The van der Waals surface area contributed by atoms with Crippen LogP contribution in [0.4, 0.5) is 11.5 Å². The summed E-state index contributed by atoms with van der Waals surface area (Å²) in [6.45, 7) is 1.31. The topological polar surface area (TPSA) is 140 Å². The maximum Gasteiger partial charge on any atom is 0.330 e. The lowest BCUT2D eigenvalue weighted by molar-refractivity contribution is -0.147. The number of carbonyl (C=O) groups is 2. The number of likely N-dealkylation sites (N-methyl/N-ethyl adjacent to an activating group) is 1. The summed E-state index contributed by atoms with van der Waals surface area (Å²) in [7, 11) is 0. The number of H-pyrrole nitrogens is 1. The quantitative estimate of drug-likeness (QED) is 0.306. The average molecular weight is 522 g/mol. The molecule has 4 rings (SSSR count). The maximum atomic E-state index is 12.9. The number of esters is 1. The van der Waals surface area contributed by atoms with Gasteiger partial charge >= 0.3 is 11.7 Å². The molecule has 2 heterocycles. The second-order valence-corrected chi connectivity index (χ2v) is 9.41. The minimum atomic E-state index is -0.788. The highest BCUT2D eigenvalue weighted by Gasteiger charge is 2.24. The molecule has 4 aromatic rings. The standard InChI is InChI=1S/C26H27N5O5S/c1-2-30(23-24(27)31(26(35)29-25(23)34)15-17-9-4-3-5-10-17)21(32)16-36-22(33)14-8-13-20-28-18-11-6-7-12-19(18)37-20/h3-7,9-12H,2,8,13-16,27H2,1H3,(H,29,34,35). The zero-order chi connectivity index (χ0) is 26.4. The zero-order valence-corrected chi connectivity index (χ0v) is 21.1. The summed E-state index contributed by atoms with van der Waals surface area (Å²) >= 11 is 1.58. The number of hydrogen-bond acceptors (Lipinski definition) is 8. The van der Waals surface area contributed by atoms with Crippen molar-refractivity contribution in [1.29, 1.82) is 0 Å². The van der Waals surface area contributed by atoms with Crippen molar-refractivity contribution in [3.8, 4) is 0 Å². The minimum Gasteiger partial charge on any atom is -0.456 e. The highest BCUT2D eigenvalue weighted by atomic mass is 32.1. The summed E-state index contributed by atoms with van der Waals surface area (Å²) in [6, 6.07) is 16.9. The molecule has 0 spiro atoms. The van der Waals surface area contributed by atoms with Crippen LogP contribution < -0.4 is 21.9 Å². The van der Waals surface area contributed by atoms with E-state index in [1.54, 1.807) is 18.3 Å². The van der Waals surface area contributed by atoms with Crippen LogP contribution >= 0.6 is 11.3 Å². The van der Waals surface area contributed by atoms with E-state index in [1.807, 2.05) is 54.6 Å². The molecule has 0 atom stereocenters. The number of fused-ring (bicyclic) bond motifs is 1. The van der Waals surface area contributed by atoms with Crippen molar-refractivity contribution in [2.75, 3.05) is 23.8 Å². The number of aromatic amines is 1. The largest absolute Gasteiger partial charge is 0.456 e. The number of nitrogens with one attached hydrogen (secondary N) is 1. The first kappa shape index (κ1) is 25.8. The van der Waals surface area contributed by atoms with Gasteiger partial charge < -0.3 is 15.4 Å². The van der Waals surface area contributed by atoms with Gasteiger partial charge in [0.15, 0.2) is 12.3 Å². The number of para-hydroxylation sites is 1. The number of ether oxygens (including phenoxy) is 1. The van der Waals surface area contributed by atoms with Crippen LogP contribution in [0.1, 0.15) is 30.3 Å². The Morgan fingerprint density at radius 1 is 1.11 bits per heavy atom. The number of anilines is 2. The Kier molecular flexibility index (Phi) is 8.14. The van der Waals surface area contributed by atoms with E-state index in [4.69, 9.17) is 10.5 Å². The average Bonchev–Trinajstić information content (AvgIpc) is 3.31. The second-order valence-electron chi connectivity index (χ2n) is 8.29. The molecule has 0 aliphatic heterocycles. The van der Waals surface area contributed by atoms with E-state index in [2.05, 4.69) is 9.97 Å². The number of nitrogen functional groups attached to an aromatic ring is 1. The summed E-state index contributed by atoms with van der Waals surface area (Å²) in [5.41, 5.74) is 6.29. The first-order valence-corrected chi connectivity index (χ1v) is 12.7. The molecule has 0 fully saturated rings. The van der Waals surface area contributed by atoms with Crippen LogP contribution in [0.2, 0.25) is 0 Å². The van der Waals surface area contributed by atoms with Gasteiger partial charge in [-0.15, -0.1) is 11.3 Å². The van der Waals surface area contributed by atoms with Crippen LogP contribution in [0, 0.1) is 0 Å². The van der Waals surface area contributed by atoms with Crippen LogP contribution in [0.15, 0.2) is 64.2 Å². The number of amides is 1. The third-order valence-electron chi connectivity index (χ3n) is 5.75. The Morgan fingerprint density at radius 2 is 1.84 bits per heavy atom. The van der Waals surface area contributed by atoms with Gasteiger partial charge in [-0.2, -0.15) is 0 Å². The molecule has 10 nitrogen and oxygen atoms in total. The molecule has 2 aromatic carbocycles. The third kappa shape index (κ3) is 6.12. The molecule has 37 heavy (non-hydrogen) atoms. The van der Waals surface area contributed by atoms with Gasteiger partial charge in [0.1, 0.15) is 5.82 Å². The maximum absolute atomic E-state index is 12.9. The molecular weight excluding hydrogens is 494 g/mol. The predicted molar refractivity (Wildman–Crippen MR) is 143 cm³/mol. The van der Waals surface area contributed by atoms with Gasteiger partial charge in [-0.25, -0.2) is 9.78 Å². The molecule has 3 N–H and O–H groups in total. The van der Waals surface area contributed by atoms with Gasteiger partial charge in [0, 0.05) is 13.0 Å². The molecule has 0 bridgehead atoms. The van der Waals surface area contributed by atoms with E-state index < -0.39 is 29.7 Å². The van der Waals surface area contributed by atoms with Crippen LogP contribution in [-0.4, -0.2) is 39.6 Å². The number of thiazole rings is 1. The molecule has 0 aliphatic rings. The number of nitrogens with two attached hydrogens (primary N) is 1.